The average molecular weight is 450 g/mol. The predicted octanol–water partition coefficient (Wildman–Crippen LogP) is 2.57. The smallest absolute Gasteiger partial charge is 0.166 e. The highest BCUT2D eigenvalue weighted by Crippen LogP contribution is 2.16. The van der Waals surface area contributed by atoms with Crippen molar-refractivity contribution in [1.29, 1.82) is 0 Å². The van der Waals surface area contributed by atoms with Crippen molar-refractivity contribution in [3.8, 4) is 0 Å². The lowest BCUT2D eigenvalue weighted by atomic mass is 10.3. The van der Waals surface area contributed by atoms with Gasteiger partial charge in [0.2, 0.25) is 0 Å². The number of hydrogen-bond acceptors (Lipinski definition) is 6. The fourth-order valence-corrected chi connectivity index (χ4v) is 3.04. The third-order valence-electron chi connectivity index (χ3n) is 4.51. The summed E-state index contributed by atoms with van der Waals surface area (Å²) in [6.45, 7) is 5.88. The van der Waals surface area contributed by atoms with Gasteiger partial charge in [0.05, 0.1) is 0 Å². The molecule has 0 aliphatic rings. The zero-order valence-corrected chi connectivity index (χ0v) is 18.1. The average Bonchev–Trinajstić information content (AvgIpc) is 3.07. The van der Waals surface area contributed by atoms with Crippen LogP contribution in [0.2, 0.25) is 0 Å². The lowest BCUT2D eigenvalue weighted by Crippen LogP contribution is -2.22. The Morgan fingerprint density at radius 1 is 0.821 bits per heavy atom. The van der Waals surface area contributed by atoms with E-state index >= 15 is 0 Å². The minimum absolute atomic E-state index is 0. The van der Waals surface area contributed by atoms with Crippen LogP contribution in [0.5, 0.6) is 0 Å². The third-order valence-corrected chi connectivity index (χ3v) is 4.51. The van der Waals surface area contributed by atoms with Gasteiger partial charge in [-0.2, -0.15) is 0 Å². The van der Waals surface area contributed by atoms with Gasteiger partial charge in [-0.25, -0.2) is 9.97 Å². The summed E-state index contributed by atoms with van der Waals surface area (Å²) in [7, 11) is 0. The molecule has 154 valence electrons. The first-order chi connectivity index (χ1) is 13.4. The van der Waals surface area contributed by atoms with Crippen LogP contribution in [0, 0.1) is 0 Å². The summed E-state index contributed by atoms with van der Waals surface area (Å²) in [6, 6.07) is 10.0. The van der Waals surface area contributed by atoms with Crippen LogP contribution in [-0.4, -0.2) is 53.6 Å². The molecule has 0 radical (unpaired) electrons. The summed E-state index contributed by atoms with van der Waals surface area (Å²) >= 11 is 0. The number of anilines is 1. The van der Waals surface area contributed by atoms with E-state index in [2.05, 4.69) is 20.9 Å². The summed E-state index contributed by atoms with van der Waals surface area (Å²) in [5, 5.41) is 10.3. The first-order valence-electron chi connectivity index (χ1n) is 9.98. The van der Waals surface area contributed by atoms with Crippen molar-refractivity contribution in [3.05, 3.63) is 36.5 Å². The molecule has 0 unspecified atom stereocenters. The first-order valence-corrected chi connectivity index (χ1v) is 9.98. The Hall–Kier alpha value is -1.74. The minimum atomic E-state index is 0. The number of pyridine rings is 2. The van der Waals surface area contributed by atoms with E-state index in [-0.39, 0.29) is 17.0 Å². The van der Waals surface area contributed by atoms with Crippen molar-refractivity contribution < 1.29 is 0 Å². The standard InChI is InChI=1S/C20H31N7.BrH/c21-10-5-13-22-11-2-3-12-23-14-6-15-24-18-9-8-17-20(26-18)27-16-4-1-7-19(27)25-17;/h1,4,7-9,16,22-23H,2-3,5-6,10-15,21H2,(H,24,26);1H. The molecule has 0 bridgehead atoms. The Kier molecular flexibility index (Phi) is 10.2. The molecule has 5 N–H and O–H groups in total. The van der Waals surface area contributed by atoms with E-state index < -0.39 is 0 Å². The summed E-state index contributed by atoms with van der Waals surface area (Å²) in [5.41, 5.74) is 8.21. The lowest BCUT2D eigenvalue weighted by molar-refractivity contribution is 0.572. The van der Waals surface area contributed by atoms with Gasteiger partial charge >= 0.3 is 0 Å². The zero-order chi connectivity index (χ0) is 18.7. The number of aromatic nitrogens is 3. The maximum Gasteiger partial charge on any atom is 0.166 e. The number of nitrogens with zero attached hydrogens (tertiary/aromatic N) is 3. The minimum Gasteiger partial charge on any atom is -0.370 e. The number of nitrogens with one attached hydrogen (secondary N) is 3. The van der Waals surface area contributed by atoms with Crippen LogP contribution in [0.25, 0.3) is 16.8 Å². The fraction of sp³-hybridized carbons (Fsp3) is 0.500. The normalized spacial score (nSPS) is 11.0. The Balaban J connectivity index is 0.00000280. The maximum absolute atomic E-state index is 5.46. The van der Waals surface area contributed by atoms with E-state index in [1.165, 1.54) is 12.8 Å². The summed E-state index contributed by atoms with van der Waals surface area (Å²) in [6.07, 6.45) is 6.54. The van der Waals surface area contributed by atoms with Gasteiger partial charge < -0.3 is 21.7 Å². The van der Waals surface area contributed by atoms with Gasteiger partial charge in [0.25, 0.3) is 0 Å². The van der Waals surface area contributed by atoms with Crippen LogP contribution in [0.15, 0.2) is 36.5 Å². The monoisotopic (exact) mass is 449 g/mol. The molecule has 3 heterocycles. The van der Waals surface area contributed by atoms with Crippen molar-refractivity contribution in [1.82, 2.24) is 25.0 Å². The molecule has 0 amide bonds. The summed E-state index contributed by atoms with van der Waals surface area (Å²) in [4.78, 5) is 9.28. The Labute approximate surface area is 177 Å². The molecule has 28 heavy (non-hydrogen) atoms. The number of hydrogen-bond donors (Lipinski definition) is 4. The molecule has 7 nitrogen and oxygen atoms in total. The van der Waals surface area contributed by atoms with E-state index in [1.807, 2.05) is 40.9 Å². The molecular weight excluding hydrogens is 418 g/mol. The van der Waals surface area contributed by atoms with Gasteiger partial charge in [-0.15, -0.1) is 17.0 Å². The van der Waals surface area contributed by atoms with Gasteiger partial charge in [0, 0.05) is 12.7 Å². The number of unbranched alkanes of at least 4 members (excludes halogenated alkanes) is 1. The van der Waals surface area contributed by atoms with Gasteiger partial charge in [0.1, 0.15) is 17.0 Å². The summed E-state index contributed by atoms with van der Waals surface area (Å²) < 4.78 is 2.02. The van der Waals surface area contributed by atoms with Crippen LogP contribution in [0.4, 0.5) is 5.82 Å². The quantitative estimate of drug-likeness (QED) is 0.299. The number of fused-ring (bicyclic) bond motifs is 3. The molecule has 0 saturated heterocycles. The van der Waals surface area contributed by atoms with Crippen molar-refractivity contribution in [2.75, 3.05) is 44.6 Å². The molecular formula is C20H32BrN7. The topological polar surface area (TPSA) is 92.3 Å². The van der Waals surface area contributed by atoms with Gasteiger partial charge in [-0.3, -0.25) is 4.40 Å². The van der Waals surface area contributed by atoms with Gasteiger partial charge in [-0.1, -0.05) is 6.07 Å². The maximum atomic E-state index is 5.46. The molecule has 3 rings (SSSR count). The van der Waals surface area contributed by atoms with Crippen molar-refractivity contribution in [2.24, 2.45) is 5.73 Å². The molecule has 0 fully saturated rings. The highest BCUT2D eigenvalue weighted by molar-refractivity contribution is 8.93. The molecule has 0 aliphatic heterocycles. The zero-order valence-electron chi connectivity index (χ0n) is 16.4. The number of imidazole rings is 1. The van der Waals surface area contributed by atoms with Crippen LogP contribution in [0.1, 0.15) is 25.7 Å². The Bertz CT molecular complexity index is 821. The molecule has 0 atom stereocenters. The number of nitrogens with two attached hydrogens (primary N) is 1. The largest absolute Gasteiger partial charge is 0.370 e. The number of rotatable bonds is 13. The van der Waals surface area contributed by atoms with Crippen molar-refractivity contribution >= 4 is 39.6 Å². The molecule has 0 saturated carbocycles. The second kappa shape index (κ2) is 12.7. The van der Waals surface area contributed by atoms with Crippen LogP contribution in [0.3, 0.4) is 0 Å². The predicted molar refractivity (Wildman–Crippen MR) is 123 cm³/mol. The van der Waals surface area contributed by atoms with Gasteiger partial charge in [-0.05, 0) is 82.7 Å². The highest BCUT2D eigenvalue weighted by atomic mass is 79.9. The SMILES string of the molecule is Br.NCCCNCCCCNCCCNc1ccc2nc3ccccn3c2n1. The lowest BCUT2D eigenvalue weighted by Gasteiger charge is -2.07. The first kappa shape index (κ1) is 22.5. The van der Waals surface area contributed by atoms with Gasteiger partial charge in [0.15, 0.2) is 5.65 Å². The molecule has 0 aliphatic carbocycles. The second-order valence-electron chi connectivity index (χ2n) is 6.71. The molecule has 8 heteroatoms. The third kappa shape index (κ3) is 6.70. The van der Waals surface area contributed by atoms with E-state index in [0.717, 1.165) is 74.7 Å². The molecule has 0 spiro atoms. The van der Waals surface area contributed by atoms with Crippen LogP contribution < -0.4 is 21.7 Å². The molecule has 3 aromatic heterocycles. The molecule has 3 aromatic rings. The van der Waals surface area contributed by atoms with Crippen molar-refractivity contribution in [3.63, 3.8) is 0 Å². The highest BCUT2D eigenvalue weighted by Gasteiger charge is 2.05. The second-order valence-corrected chi connectivity index (χ2v) is 6.71. The van der Waals surface area contributed by atoms with E-state index in [4.69, 9.17) is 10.7 Å². The van der Waals surface area contributed by atoms with E-state index in [9.17, 15) is 0 Å². The summed E-state index contributed by atoms with van der Waals surface area (Å²) in [5.74, 6) is 0.900. The van der Waals surface area contributed by atoms with Crippen molar-refractivity contribution in [2.45, 2.75) is 25.7 Å². The van der Waals surface area contributed by atoms with Crippen LogP contribution >= 0.6 is 17.0 Å². The van der Waals surface area contributed by atoms with E-state index in [1.54, 1.807) is 0 Å². The Morgan fingerprint density at radius 2 is 1.57 bits per heavy atom. The fourth-order valence-electron chi connectivity index (χ4n) is 3.04. The molecule has 0 aromatic carbocycles. The van der Waals surface area contributed by atoms with Crippen LogP contribution in [-0.2, 0) is 0 Å². The Morgan fingerprint density at radius 3 is 2.36 bits per heavy atom. The van der Waals surface area contributed by atoms with E-state index in [0.29, 0.717) is 0 Å². The number of halogens is 1.